The minimum Gasteiger partial charge on any atom is -0.368 e. The second-order valence-corrected chi connectivity index (χ2v) is 6.30. The number of ether oxygens (including phenoxy) is 1. The Morgan fingerprint density at radius 1 is 1.00 bits per heavy atom. The summed E-state index contributed by atoms with van der Waals surface area (Å²) in [6.07, 6.45) is 1.37. The predicted molar refractivity (Wildman–Crippen MR) is 101 cm³/mol. The third-order valence-corrected chi connectivity index (χ3v) is 4.28. The molecule has 1 aliphatic rings. The van der Waals surface area contributed by atoms with Gasteiger partial charge in [0.2, 0.25) is 5.91 Å². The van der Waals surface area contributed by atoms with E-state index in [-0.39, 0.29) is 24.1 Å². The van der Waals surface area contributed by atoms with Crippen LogP contribution in [0.4, 0.5) is 16.2 Å². The van der Waals surface area contributed by atoms with Crippen LogP contribution >= 0.6 is 0 Å². The summed E-state index contributed by atoms with van der Waals surface area (Å²) in [4.78, 5) is 24.1. The highest BCUT2D eigenvalue weighted by Gasteiger charge is 2.24. The highest BCUT2D eigenvalue weighted by Crippen LogP contribution is 2.18. The van der Waals surface area contributed by atoms with Gasteiger partial charge in [-0.15, -0.1) is 0 Å². The van der Waals surface area contributed by atoms with E-state index in [0.717, 1.165) is 24.1 Å². The summed E-state index contributed by atoms with van der Waals surface area (Å²) in [5.41, 5.74) is 2.37. The normalized spacial score (nSPS) is 17.3. The molecule has 0 radical (unpaired) electrons. The SMILES string of the molecule is C[C@H](NC(=O)[C@@H]1CCCO1)c1ccc(NC(=O)Nc2ccccc2)cc1. The van der Waals surface area contributed by atoms with Crippen LogP contribution in [0.25, 0.3) is 0 Å². The van der Waals surface area contributed by atoms with Gasteiger partial charge in [-0.1, -0.05) is 30.3 Å². The highest BCUT2D eigenvalue weighted by atomic mass is 16.5. The number of carbonyl (C=O) groups excluding carboxylic acids is 2. The number of anilines is 2. The molecule has 0 aliphatic carbocycles. The summed E-state index contributed by atoms with van der Waals surface area (Å²) < 4.78 is 5.40. The van der Waals surface area contributed by atoms with Crippen molar-refractivity contribution in [2.45, 2.75) is 31.9 Å². The Morgan fingerprint density at radius 2 is 1.65 bits per heavy atom. The molecule has 6 heteroatoms. The molecular weight excluding hydrogens is 330 g/mol. The maximum absolute atomic E-state index is 12.1. The number of amides is 3. The first-order valence-corrected chi connectivity index (χ1v) is 8.77. The third-order valence-electron chi connectivity index (χ3n) is 4.28. The number of hydrogen-bond donors (Lipinski definition) is 3. The zero-order valence-electron chi connectivity index (χ0n) is 14.7. The zero-order chi connectivity index (χ0) is 18.4. The monoisotopic (exact) mass is 353 g/mol. The van der Waals surface area contributed by atoms with Gasteiger partial charge < -0.3 is 20.7 Å². The average molecular weight is 353 g/mol. The Labute approximate surface area is 152 Å². The van der Waals surface area contributed by atoms with Crippen molar-refractivity contribution in [3.05, 3.63) is 60.2 Å². The first-order valence-electron chi connectivity index (χ1n) is 8.77. The highest BCUT2D eigenvalue weighted by molar-refractivity contribution is 5.99. The van der Waals surface area contributed by atoms with Crippen LogP contribution in [0.5, 0.6) is 0 Å². The first kappa shape index (κ1) is 17.9. The summed E-state index contributed by atoms with van der Waals surface area (Å²) in [5.74, 6) is -0.0700. The van der Waals surface area contributed by atoms with E-state index in [4.69, 9.17) is 4.74 Å². The van der Waals surface area contributed by atoms with Crippen molar-refractivity contribution in [2.75, 3.05) is 17.2 Å². The van der Waals surface area contributed by atoms with Crippen molar-refractivity contribution < 1.29 is 14.3 Å². The molecular formula is C20H23N3O3. The summed E-state index contributed by atoms with van der Waals surface area (Å²) in [6, 6.07) is 16.2. The Hall–Kier alpha value is -2.86. The molecule has 1 heterocycles. The van der Waals surface area contributed by atoms with Crippen LogP contribution < -0.4 is 16.0 Å². The summed E-state index contributed by atoms with van der Waals surface area (Å²) in [7, 11) is 0. The number of rotatable bonds is 5. The topological polar surface area (TPSA) is 79.5 Å². The van der Waals surface area contributed by atoms with Crippen molar-refractivity contribution in [2.24, 2.45) is 0 Å². The molecule has 3 rings (SSSR count). The number of hydrogen-bond acceptors (Lipinski definition) is 3. The van der Waals surface area contributed by atoms with Crippen molar-refractivity contribution >= 4 is 23.3 Å². The lowest BCUT2D eigenvalue weighted by atomic mass is 10.1. The van der Waals surface area contributed by atoms with Gasteiger partial charge in [0.1, 0.15) is 6.10 Å². The maximum atomic E-state index is 12.1. The van der Waals surface area contributed by atoms with Gasteiger partial charge >= 0.3 is 6.03 Å². The third kappa shape index (κ3) is 4.83. The lowest BCUT2D eigenvalue weighted by molar-refractivity contribution is -0.130. The van der Waals surface area contributed by atoms with Gasteiger partial charge in [-0.3, -0.25) is 4.79 Å². The smallest absolute Gasteiger partial charge is 0.323 e. The van der Waals surface area contributed by atoms with Gasteiger partial charge in [0.05, 0.1) is 6.04 Å². The molecule has 1 fully saturated rings. The van der Waals surface area contributed by atoms with E-state index in [9.17, 15) is 9.59 Å². The minimum absolute atomic E-state index is 0.0700. The Bertz CT molecular complexity index is 741. The second kappa shape index (κ2) is 8.49. The quantitative estimate of drug-likeness (QED) is 0.767. The molecule has 2 atom stereocenters. The number of carbonyl (C=O) groups is 2. The first-order chi connectivity index (χ1) is 12.6. The van der Waals surface area contributed by atoms with E-state index in [2.05, 4.69) is 16.0 Å². The van der Waals surface area contributed by atoms with E-state index in [0.29, 0.717) is 12.3 Å². The fourth-order valence-corrected chi connectivity index (χ4v) is 2.84. The Kier molecular flexibility index (Phi) is 5.86. The molecule has 2 aromatic carbocycles. The van der Waals surface area contributed by atoms with Crippen LogP contribution in [0, 0.1) is 0 Å². The molecule has 0 saturated carbocycles. The molecule has 1 saturated heterocycles. The molecule has 0 aromatic heterocycles. The largest absolute Gasteiger partial charge is 0.368 e. The van der Waals surface area contributed by atoms with E-state index in [1.54, 1.807) is 0 Å². The number of urea groups is 1. The molecule has 3 amide bonds. The predicted octanol–water partition coefficient (Wildman–Crippen LogP) is 3.69. The number of benzene rings is 2. The van der Waals surface area contributed by atoms with E-state index >= 15 is 0 Å². The van der Waals surface area contributed by atoms with Gasteiger partial charge in [0.25, 0.3) is 0 Å². The molecule has 0 spiro atoms. The van der Waals surface area contributed by atoms with E-state index in [1.165, 1.54) is 0 Å². The van der Waals surface area contributed by atoms with Gasteiger partial charge in [0.15, 0.2) is 0 Å². The maximum Gasteiger partial charge on any atom is 0.323 e. The van der Waals surface area contributed by atoms with E-state index < -0.39 is 0 Å². The number of para-hydroxylation sites is 1. The summed E-state index contributed by atoms with van der Waals surface area (Å²) >= 11 is 0. The van der Waals surface area contributed by atoms with Crippen LogP contribution in [0.15, 0.2) is 54.6 Å². The molecule has 136 valence electrons. The Balaban J connectivity index is 1.52. The van der Waals surface area contributed by atoms with Crippen LogP contribution in [0.3, 0.4) is 0 Å². The Morgan fingerprint density at radius 3 is 2.27 bits per heavy atom. The lowest BCUT2D eigenvalue weighted by Gasteiger charge is -2.17. The summed E-state index contributed by atoms with van der Waals surface area (Å²) in [5, 5.41) is 8.52. The van der Waals surface area contributed by atoms with Crippen molar-refractivity contribution in [1.29, 1.82) is 0 Å². The molecule has 0 bridgehead atoms. The fourth-order valence-electron chi connectivity index (χ4n) is 2.84. The number of nitrogens with one attached hydrogen (secondary N) is 3. The lowest BCUT2D eigenvalue weighted by Crippen LogP contribution is -2.35. The fraction of sp³-hybridized carbons (Fsp3) is 0.300. The average Bonchev–Trinajstić information content (AvgIpc) is 3.18. The summed E-state index contributed by atoms with van der Waals surface area (Å²) in [6.45, 7) is 2.58. The molecule has 1 aliphatic heterocycles. The van der Waals surface area contributed by atoms with Crippen LogP contribution in [0.1, 0.15) is 31.4 Å². The van der Waals surface area contributed by atoms with Crippen LogP contribution in [-0.2, 0) is 9.53 Å². The van der Waals surface area contributed by atoms with Gasteiger partial charge in [-0.05, 0) is 49.6 Å². The van der Waals surface area contributed by atoms with Crippen molar-refractivity contribution in [3.63, 3.8) is 0 Å². The van der Waals surface area contributed by atoms with Crippen molar-refractivity contribution in [1.82, 2.24) is 5.32 Å². The van der Waals surface area contributed by atoms with Crippen LogP contribution in [-0.4, -0.2) is 24.6 Å². The zero-order valence-corrected chi connectivity index (χ0v) is 14.7. The molecule has 26 heavy (non-hydrogen) atoms. The molecule has 3 N–H and O–H groups in total. The molecule has 2 aromatic rings. The van der Waals surface area contributed by atoms with Gasteiger partial charge in [0, 0.05) is 18.0 Å². The van der Waals surface area contributed by atoms with Crippen LogP contribution in [0.2, 0.25) is 0 Å². The van der Waals surface area contributed by atoms with Gasteiger partial charge in [-0.2, -0.15) is 0 Å². The molecule has 6 nitrogen and oxygen atoms in total. The second-order valence-electron chi connectivity index (χ2n) is 6.30. The van der Waals surface area contributed by atoms with Crippen molar-refractivity contribution in [3.8, 4) is 0 Å². The standard InChI is InChI=1S/C20H23N3O3/c1-14(21-19(24)18-8-5-13-26-18)15-9-11-17(12-10-15)23-20(25)22-16-6-3-2-4-7-16/h2-4,6-7,9-12,14,18H,5,8,13H2,1H3,(H,21,24)(H2,22,23,25)/t14-,18-/m0/s1. The minimum atomic E-state index is -0.333. The van der Waals surface area contributed by atoms with E-state index in [1.807, 2.05) is 61.5 Å². The van der Waals surface area contributed by atoms with Gasteiger partial charge in [-0.25, -0.2) is 4.79 Å². The molecule has 0 unspecified atom stereocenters.